The largest absolute Gasteiger partial charge is 0.363 e. The van der Waals surface area contributed by atoms with Crippen molar-refractivity contribution < 1.29 is 9.63 Å². The summed E-state index contributed by atoms with van der Waals surface area (Å²) in [5, 5.41) is 1.72. The lowest BCUT2D eigenvalue weighted by Crippen LogP contribution is -2.32. The molecule has 0 amide bonds. The molecule has 3 rings (SSSR count). The van der Waals surface area contributed by atoms with Crippen molar-refractivity contribution in [3.63, 3.8) is 0 Å². The molecule has 0 atom stereocenters. The molecule has 0 saturated carbocycles. The molecule has 0 aromatic heterocycles. The summed E-state index contributed by atoms with van der Waals surface area (Å²) in [5.74, 6) is -0.292. The summed E-state index contributed by atoms with van der Waals surface area (Å²) in [7, 11) is 0. The third kappa shape index (κ3) is 2.39. The minimum Gasteiger partial charge on any atom is -0.335 e. The van der Waals surface area contributed by atoms with Crippen molar-refractivity contribution in [1.82, 2.24) is 0 Å². The molecule has 102 valence electrons. The second kappa shape index (κ2) is 5.37. The number of anilines is 1. The van der Waals surface area contributed by atoms with Crippen LogP contribution < -0.4 is 5.06 Å². The monoisotopic (exact) mass is 267 g/mol. The molecule has 0 unspecified atom stereocenters. The highest BCUT2D eigenvalue weighted by atomic mass is 16.7. The smallest absolute Gasteiger partial charge is 0.335 e. The molecule has 0 N–H and O–H groups in total. The zero-order chi connectivity index (χ0) is 13.9. The second-order valence-corrected chi connectivity index (χ2v) is 5.03. The lowest BCUT2D eigenvalue weighted by atomic mass is 10.0. The van der Waals surface area contributed by atoms with Crippen LogP contribution in [0.5, 0.6) is 0 Å². The first-order valence-electron chi connectivity index (χ1n) is 6.89. The molecule has 20 heavy (non-hydrogen) atoms. The molecule has 0 bridgehead atoms. The average molecular weight is 267 g/mol. The Kier molecular flexibility index (Phi) is 3.42. The van der Waals surface area contributed by atoms with Gasteiger partial charge in [0.15, 0.2) is 0 Å². The number of carbonyl (C=O) groups excluding carboxylic acids is 1. The van der Waals surface area contributed by atoms with Crippen molar-refractivity contribution in [2.24, 2.45) is 0 Å². The van der Waals surface area contributed by atoms with Gasteiger partial charge in [-0.3, -0.25) is 0 Å². The molecule has 1 heterocycles. The predicted octanol–water partition coefficient (Wildman–Crippen LogP) is 3.52. The third-order valence-corrected chi connectivity index (χ3v) is 3.63. The zero-order valence-electron chi connectivity index (χ0n) is 11.5. The number of nitrogens with zero attached hydrogens (tertiary/aromatic N) is 1. The van der Waals surface area contributed by atoms with Crippen LogP contribution in [0.1, 0.15) is 27.9 Å². The molecule has 2 aromatic rings. The third-order valence-electron chi connectivity index (χ3n) is 3.63. The first-order chi connectivity index (χ1) is 9.75. The van der Waals surface area contributed by atoms with E-state index >= 15 is 0 Å². The normalized spacial score (nSPS) is 13.8. The van der Waals surface area contributed by atoms with Crippen LogP contribution >= 0.6 is 0 Å². The van der Waals surface area contributed by atoms with Gasteiger partial charge in [0.05, 0.1) is 17.8 Å². The molecule has 1 aliphatic rings. The molecule has 0 saturated heterocycles. The Hall–Kier alpha value is -2.29. The molecule has 0 radical (unpaired) electrons. The van der Waals surface area contributed by atoms with E-state index in [4.69, 9.17) is 4.84 Å². The zero-order valence-corrected chi connectivity index (χ0v) is 11.5. The molecular weight excluding hydrogens is 250 g/mol. The van der Waals surface area contributed by atoms with Gasteiger partial charge in [-0.1, -0.05) is 36.4 Å². The summed E-state index contributed by atoms with van der Waals surface area (Å²) in [6.07, 6.45) is 2.03. The summed E-state index contributed by atoms with van der Waals surface area (Å²) < 4.78 is 0. The Balaban J connectivity index is 1.83. The van der Waals surface area contributed by atoms with Gasteiger partial charge in [-0.2, -0.15) is 0 Å². The van der Waals surface area contributed by atoms with E-state index in [1.165, 1.54) is 5.56 Å². The molecule has 0 aliphatic carbocycles. The highest BCUT2D eigenvalue weighted by Crippen LogP contribution is 2.27. The molecule has 0 fully saturated rings. The van der Waals surface area contributed by atoms with Crippen molar-refractivity contribution in [1.29, 1.82) is 0 Å². The van der Waals surface area contributed by atoms with Crippen LogP contribution in [-0.4, -0.2) is 12.5 Å². The number of hydrogen-bond donors (Lipinski definition) is 0. The Labute approximate surface area is 118 Å². The van der Waals surface area contributed by atoms with Gasteiger partial charge in [0.2, 0.25) is 0 Å². The molecular formula is C17H17NO2. The van der Waals surface area contributed by atoms with Crippen molar-refractivity contribution in [3.05, 3.63) is 65.2 Å². The lowest BCUT2D eigenvalue weighted by Gasteiger charge is -2.29. The van der Waals surface area contributed by atoms with Gasteiger partial charge in [0.1, 0.15) is 0 Å². The Morgan fingerprint density at radius 2 is 1.85 bits per heavy atom. The maximum absolute atomic E-state index is 12.3. The molecule has 1 aliphatic heterocycles. The van der Waals surface area contributed by atoms with Gasteiger partial charge >= 0.3 is 5.97 Å². The van der Waals surface area contributed by atoms with Crippen molar-refractivity contribution >= 4 is 11.7 Å². The van der Waals surface area contributed by atoms with Crippen LogP contribution in [0, 0.1) is 6.92 Å². The maximum Gasteiger partial charge on any atom is 0.363 e. The molecule has 3 nitrogen and oxygen atoms in total. The maximum atomic E-state index is 12.3. The minimum absolute atomic E-state index is 0.292. The van der Waals surface area contributed by atoms with Gasteiger partial charge in [-0.15, -0.1) is 0 Å². The highest BCUT2D eigenvalue weighted by molar-refractivity contribution is 5.91. The fourth-order valence-corrected chi connectivity index (χ4v) is 2.55. The number of hydroxylamine groups is 1. The minimum atomic E-state index is -0.292. The number of para-hydroxylation sites is 1. The van der Waals surface area contributed by atoms with E-state index in [1.807, 2.05) is 43.3 Å². The summed E-state index contributed by atoms with van der Waals surface area (Å²) in [4.78, 5) is 17.9. The molecule has 0 spiro atoms. The predicted molar refractivity (Wildman–Crippen MR) is 78.7 cm³/mol. The number of carbonyl (C=O) groups is 1. The van der Waals surface area contributed by atoms with E-state index < -0.39 is 0 Å². The number of hydrogen-bond acceptors (Lipinski definition) is 3. The molecule has 2 aromatic carbocycles. The first kappa shape index (κ1) is 12.7. The SMILES string of the molecule is Cc1ccccc1C(=O)ON1CCCc2ccccc21. The van der Waals surface area contributed by atoms with Gasteiger partial charge in [0.25, 0.3) is 0 Å². The fourth-order valence-electron chi connectivity index (χ4n) is 2.55. The lowest BCUT2D eigenvalue weighted by molar-refractivity contribution is 0.0442. The van der Waals surface area contributed by atoms with E-state index in [-0.39, 0.29) is 5.97 Å². The summed E-state index contributed by atoms with van der Waals surface area (Å²) in [5.41, 5.74) is 3.79. The number of aryl methyl sites for hydroxylation is 2. The summed E-state index contributed by atoms with van der Waals surface area (Å²) in [6.45, 7) is 2.66. The highest BCUT2D eigenvalue weighted by Gasteiger charge is 2.21. The number of fused-ring (bicyclic) bond motifs is 1. The van der Waals surface area contributed by atoms with E-state index in [9.17, 15) is 4.79 Å². The van der Waals surface area contributed by atoms with Crippen LogP contribution in [0.3, 0.4) is 0 Å². The summed E-state index contributed by atoms with van der Waals surface area (Å²) in [6, 6.07) is 15.6. The van der Waals surface area contributed by atoms with Crippen molar-refractivity contribution in [2.75, 3.05) is 11.6 Å². The Morgan fingerprint density at radius 3 is 2.70 bits per heavy atom. The van der Waals surface area contributed by atoms with Crippen LogP contribution in [0.25, 0.3) is 0 Å². The molecule has 3 heteroatoms. The first-order valence-corrected chi connectivity index (χ1v) is 6.89. The number of benzene rings is 2. The van der Waals surface area contributed by atoms with Crippen molar-refractivity contribution in [2.45, 2.75) is 19.8 Å². The van der Waals surface area contributed by atoms with Crippen LogP contribution in [0.15, 0.2) is 48.5 Å². The van der Waals surface area contributed by atoms with Gasteiger partial charge in [-0.25, -0.2) is 9.86 Å². The van der Waals surface area contributed by atoms with E-state index in [2.05, 4.69) is 6.07 Å². The topological polar surface area (TPSA) is 29.5 Å². The van der Waals surface area contributed by atoms with Crippen LogP contribution in [0.4, 0.5) is 5.69 Å². The second-order valence-electron chi connectivity index (χ2n) is 5.03. The van der Waals surface area contributed by atoms with E-state index in [0.717, 1.165) is 30.6 Å². The van der Waals surface area contributed by atoms with Crippen LogP contribution in [-0.2, 0) is 11.3 Å². The van der Waals surface area contributed by atoms with Gasteiger partial charge < -0.3 is 4.84 Å². The fraction of sp³-hybridized carbons (Fsp3) is 0.235. The Bertz CT molecular complexity index is 636. The Morgan fingerprint density at radius 1 is 1.10 bits per heavy atom. The van der Waals surface area contributed by atoms with Gasteiger partial charge in [-0.05, 0) is 43.0 Å². The standard InChI is InChI=1S/C17H17NO2/c1-13-7-2-4-10-15(13)17(19)20-18-12-6-9-14-8-3-5-11-16(14)18/h2-5,7-8,10-11H,6,9,12H2,1H3. The van der Waals surface area contributed by atoms with Crippen LogP contribution in [0.2, 0.25) is 0 Å². The van der Waals surface area contributed by atoms with E-state index in [0.29, 0.717) is 5.56 Å². The van der Waals surface area contributed by atoms with Crippen molar-refractivity contribution in [3.8, 4) is 0 Å². The van der Waals surface area contributed by atoms with E-state index in [1.54, 1.807) is 11.1 Å². The summed E-state index contributed by atoms with van der Waals surface area (Å²) >= 11 is 0. The number of rotatable bonds is 2. The quantitative estimate of drug-likeness (QED) is 0.833. The average Bonchev–Trinajstić information content (AvgIpc) is 2.48. The van der Waals surface area contributed by atoms with Gasteiger partial charge in [0, 0.05) is 0 Å².